The van der Waals surface area contributed by atoms with Crippen LogP contribution < -0.4 is 14.9 Å². The van der Waals surface area contributed by atoms with Gasteiger partial charge in [-0.1, -0.05) is 6.07 Å². The molecule has 0 saturated carbocycles. The van der Waals surface area contributed by atoms with Crippen LogP contribution in [0.25, 0.3) is 0 Å². The lowest BCUT2D eigenvalue weighted by molar-refractivity contribution is 0.130. The van der Waals surface area contributed by atoms with E-state index >= 15 is 0 Å². The summed E-state index contributed by atoms with van der Waals surface area (Å²) in [5.74, 6) is 1.07. The molecule has 2 aliphatic heterocycles. The van der Waals surface area contributed by atoms with Gasteiger partial charge in [-0.15, -0.1) is 0 Å². The number of hydrogen-bond acceptors (Lipinski definition) is 7. The molecule has 4 rings (SSSR count). The molecular formula is C24H33BN6O5S. The predicted molar refractivity (Wildman–Crippen MR) is 142 cm³/mol. The van der Waals surface area contributed by atoms with Crippen LogP contribution in [0.4, 0.5) is 5.69 Å². The van der Waals surface area contributed by atoms with Crippen molar-refractivity contribution in [2.75, 3.05) is 24.1 Å². The van der Waals surface area contributed by atoms with E-state index in [0.29, 0.717) is 31.1 Å². The molecule has 0 unspecified atom stereocenters. The Hall–Kier alpha value is -3.29. The van der Waals surface area contributed by atoms with Crippen LogP contribution in [0.3, 0.4) is 0 Å². The van der Waals surface area contributed by atoms with Crippen molar-refractivity contribution in [3.05, 3.63) is 53.6 Å². The molecule has 0 aliphatic carbocycles. The molecule has 2 aromatic carbocycles. The van der Waals surface area contributed by atoms with E-state index in [9.17, 15) is 13.4 Å². The highest BCUT2D eigenvalue weighted by molar-refractivity contribution is 7.92. The second-order valence-electron chi connectivity index (χ2n) is 9.31. The van der Waals surface area contributed by atoms with Crippen molar-refractivity contribution >= 4 is 34.6 Å². The predicted octanol–water partition coefficient (Wildman–Crippen LogP) is 2.02. The van der Waals surface area contributed by atoms with Crippen molar-refractivity contribution in [3.8, 4) is 5.75 Å². The van der Waals surface area contributed by atoms with Crippen LogP contribution in [0.1, 0.15) is 30.9 Å². The minimum atomic E-state index is -4.19. The number of nitrogens with two attached hydrogens (primary N) is 1. The molecule has 2 aromatic rings. The quantitative estimate of drug-likeness (QED) is 0.184. The number of hydrogen-bond donors (Lipinski definition) is 4. The number of guanidine groups is 1. The Morgan fingerprint density at radius 1 is 1.08 bits per heavy atom. The Kier molecular flexibility index (Phi) is 7.95. The normalized spacial score (nSPS) is 16.2. The number of likely N-dealkylation sites (tertiary alicyclic amines) is 1. The lowest BCUT2D eigenvalue weighted by atomic mass is 9.98. The summed E-state index contributed by atoms with van der Waals surface area (Å²) in [6.45, 7) is 5.61. The highest BCUT2D eigenvalue weighted by atomic mass is 32.2. The fourth-order valence-corrected chi connectivity index (χ4v) is 5.85. The molecule has 2 heterocycles. The second-order valence-corrected chi connectivity index (χ2v) is 11.1. The molecule has 198 valence electrons. The van der Waals surface area contributed by atoms with Crippen molar-refractivity contribution in [1.82, 2.24) is 9.80 Å². The number of nitrogens with one attached hydrogen (secondary N) is 2. The highest BCUT2D eigenvalue weighted by Gasteiger charge is 2.30. The monoisotopic (exact) mass is 528 g/mol. The number of nitrogens with zero attached hydrogens (tertiary/aromatic N) is 3. The third kappa shape index (κ3) is 6.17. The molecule has 37 heavy (non-hydrogen) atoms. The number of sulfonamides is 1. The molecule has 1 fully saturated rings. The summed E-state index contributed by atoms with van der Waals surface area (Å²) in [5.41, 5.74) is 7.76. The first-order valence-electron chi connectivity index (χ1n) is 12.2. The number of rotatable bonds is 7. The van der Waals surface area contributed by atoms with Crippen molar-refractivity contribution in [3.63, 3.8) is 0 Å². The zero-order valence-electron chi connectivity index (χ0n) is 21.1. The Morgan fingerprint density at radius 3 is 2.35 bits per heavy atom. The first-order chi connectivity index (χ1) is 17.5. The van der Waals surface area contributed by atoms with Gasteiger partial charge in [-0.2, -0.15) is 12.9 Å². The van der Waals surface area contributed by atoms with Gasteiger partial charge < -0.3 is 25.3 Å². The van der Waals surface area contributed by atoms with Crippen LogP contribution in [0, 0.1) is 10.8 Å². The van der Waals surface area contributed by atoms with Crippen molar-refractivity contribution in [2.24, 2.45) is 5.73 Å². The first kappa shape index (κ1) is 26.8. The molecule has 0 radical (unpaired) electrons. The van der Waals surface area contributed by atoms with Crippen LogP contribution in [-0.2, 0) is 27.7 Å². The van der Waals surface area contributed by atoms with Gasteiger partial charge in [0, 0.05) is 39.0 Å². The summed E-state index contributed by atoms with van der Waals surface area (Å²) in [6.07, 6.45) is 2.25. The summed E-state index contributed by atoms with van der Waals surface area (Å²) in [7, 11) is -5.56. The fraction of sp³-hybridized carbons (Fsp3) is 0.417. The van der Waals surface area contributed by atoms with E-state index in [4.69, 9.17) is 26.0 Å². The number of ether oxygens (including phenoxy) is 1. The maximum absolute atomic E-state index is 13.6. The largest absolute Gasteiger partial charge is 0.490 e. The Balaban J connectivity index is 1.53. The molecule has 13 heteroatoms. The second kappa shape index (κ2) is 11.0. The molecule has 0 spiro atoms. The summed E-state index contributed by atoms with van der Waals surface area (Å²) < 4.78 is 39.3. The zero-order valence-corrected chi connectivity index (χ0v) is 21.9. The van der Waals surface area contributed by atoms with Crippen molar-refractivity contribution in [2.45, 2.75) is 50.6 Å². The molecule has 2 aliphatic rings. The molecule has 5 N–H and O–H groups in total. The topological polar surface area (TPSA) is 156 Å². The lowest BCUT2D eigenvalue weighted by Gasteiger charge is -2.32. The van der Waals surface area contributed by atoms with E-state index < -0.39 is 17.1 Å². The van der Waals surface area contributed by atoms with Crippen LogP contribution in [0.15, 0.2) is 47.4 Å². The molecule has 0 bridgehead atoms. The minimum Gasteiger partial charge on any atom is -0.490 e. The molecule has 1 saturated heterocycles. The summed E-state index contributed by atoms with van der Waals surface area (Å²) in [5, 5.41) is 25.4. The van der Waals surface area contributed by atoms with Crippen LogP contribution in [0.2, 0.25) is 6.82 Å². The van der Waals surface area contributed by atoms with E-state index in [1.807, 2.05) is 11.0 Å². The standard InChI is InChI=1S/C24H33BN6O5S/c1-17(26)29-13-10-22(11-14-29)35-21-5-7-23(8-6-21)37(33,34)31(36-25(2)32)20-4-3-18-9-12-30(24(27)28)16-19(18)15-20/h3-8,15,22,26,32H,9-14,16H2,1-2H3,(H3,27,28). The minimum absolute atomic E-state index is 0.00168. The third-order valence-corrected chi connectivity index (χ3v) is 8.16. The molecule has 0 atom stereocenters. The van der Waals surface area contributed by atoms with Crippen molar-refractivity contribution < 1.29 is 22.9 Å². The number of piperidine rings is 1. The Morgan fingerprint density at radius 2 is 1.76 bits per heavy atom. The van der Waals surface area contributed by atoms with Gasteiger partial charge >= 0.3 is 7.12 Å². The van der Waals surface area contributed by atoms with Gasteiger partial charge in [0.05, 0.1) is 16.4 Å². The summed E-state index contributed by atoms with van der Waals surface area (Å²) in [6, 6.07) is 11.3. The molecular weight excluding hydrogens is 495 g/mol. The van der Waals surface area contributed by atoms with Gasteiger partial charge in [0.2, 0.25) is 0 Å². The van der Waals surface area contributed by atoms with E-state index in [-0.39, 0.29) is 22.6 Å². The summed E-state index contributed by atoms with van der Waals surface area (Å²) >= 11 is 0. The van der Waals surface area contributed by atoms with Gasteiger partial charge in [-0.3, -0.25) is 15.6 Å². The van der Waals surface area contributed by atoms with Gasteiger partial charge in [-0.25, -0.2) is 0 Å². The van der Waals surface area contributed by atoms with Crippen LogP contribution in [-0.4, -0.2) is 67.9 Å². The SMILES string of the molecule is CB(O)ON(c1ccc2c(c1)CN(C(=N)N)CC2)S(=O)(=O)c1ccc(OC2CCN(C(C)=N)CC2)cc1. The Bertz CT molecular complexity index is 1250. The van der Waals surface area contributed by atoms with E-state index in [2.05, 4.69) is 0 Å². The van der Waals surface area contributed by atoms with Crippen LogP contribution >= 0.6 is 0 Å². The number of fused-ring (bicyclic) bond motifs is 1. The first-order valence-corrected chi connectivity index (χ1v) is 13.7. The maximum Gasteiger partial charge on any atom is 0.477 e. The van der Waals surface area contributed by atoms with Crippen LogP contribution in [0.5, 0.6) is 5.75 Å². The van der Waals surface area contributed by atoms with E-state index in [1.54, 1.807) is 36.1 Å². The van der Waals surface area contributed by atoms with E-state index in [0.717, 1.165) is 41.5 Å². The number of anilines is 1. The van der Waals surface area contributed by atoms with Gasteiger partial charge in [0.15, 0.2) is 5.96 Å². The van der Waals surface area contributed by atoms with Gasteiger partial charge in [-0.05, 0) is 67.7 Å². The van der Waals surface area contributed by atoms with Gasteiger partial charge in [0.1, 0.15) is 11.9 Å². The average Bonchev–Trinajstić information content (AvgIpc) is 2.87. The number of amidine groups is 1. The fourth-order valence-electron chi connectivity index (χ4n) is 4.54. The molecule has 0 amide bonds. The number of benzene rings is 2. The zero-order chi connectivity index (χ0) is 26.7. The molecule has 11 nitrogen and oxygen atoms in total. The molecule has 0 aromatic heterocycles. The lowest BCUT2D eigenvalue weighted by Crippen LogP contribution is -2.40. The van der Waals surface area contributed by atoms with E-state index in [1.165, 1.54) is 19.0 Å². The maximum atomic E-state index is 13.6. The third-order valence-electron chi connectivity index (χ3n) is 6.56. The van der Waals surface area contributed by atoms with Gasteiger partial charge in [0.25, 0.3) is 10.0 Å². The highest BCUT2D eigenvalue weighted by Crippen LogP contribution is 2.30. The Labute approximate surface area is 217 Å². The van der Waals surface area contributed by atoms with Crippen molar-refractivity contribution in [1.29, 1.82) is 10.8 Å². The average molecular weight is 528 g/mol. The smallest absolute Gasteiger partial charge is 0.477 e. The summed E-state index contributed by atoms with van der Waals surface area (Å²) in [4.78, 5) is 3.69.